The Morgan fingerprint density at radius 2 is 0.750 bits per heavy atom. The highest BCUT2D eigenvalue weighted by Crippen LogP contribution is 2.24. The fourth-order valence-corrected chi connectivity index (χ4v) is 10.8. The third kappa shape index (κ3) is 44.6. The fourth-order valence-electron chi connectivity index (χ4n) is 10.8. The van der Waals surface area contributed by atoms with Gasteiger partial charge < -0.3 is 50.5 Å². The summed E-state index contributed by atoms with van der Waals surface area (Å²) in [6.45, 7) is 3.47. The zero-order chi connectivity index (χ0) is 58.2. The Morgan fingerprint density at radius 3 is 1.11 bits per heavy atom. The first-order valence-corrected chi connectivity index (χ1v) is 34.0. The smallest absolute Gasteiger partial charge is 0.249 e. The Morgan fingerprint density at radius 1 is 0.425 bits per heavy atom. The molecule has 9 atom stereocenters. The number of nitrogens with one attached hydrogen (secondary N) is 1. The second-order valence-corrected chi connectivity index (χ2v) is 23.9. The number of aliphatic hydroxyl groups excluding tert-OH is 7. The van der Waals surface area contributed by atoms with Gasteiger partial charge in [-0.2, -0.15) is 0 Å². The Labute approximate surface area is 491 Å². The SMILES string of the molecule is CCCCCCCCCCCCCC/C=C\CCCCCCCCC(O)C(=O)NC(COC1OC(CO)C(O)C(O)C1O)C(O)C(O)CCC/C=C/CC/C=C/CC/C=C/CCCCCCCCCCCCCCCCCCCC. The van der Waals surface area contributed by atoms with E-state index in [2.05, 4.69) is 67.8 Å². The van der Waals surface area contributed by atoms with Crippen LogP contribution in [0.1, 0.15) is 316 Å². The van der Waals surface area contributed by atoms with Gasteiger partial charge in [0.05, 0.1) is 25.4 Å². The highest BCUT2D eigenvalue weighted by molar-refractivity contribution is 5.80. The maximum Gasteiger partial charge on any atom is 0.249 e. The highest BCUT2D eigenvalue weighted by Gasteiger charge is 2.44. The minimum Gasteiger partial charge on any atom is -0.394 e. The van der Waals surface area contributed by atoms with E-state index >= 15 is 0 Å². The molecule has 80 heavy (non-hydrogen) atoms. The summed E-state index contributed by atoms with van der Waals surface area (Å²) in [7, 11) is 0. The lowest BCUT2D eigenvalue weighted by molar-refractivity contribution is -0.303. The minimum atomic E-state index is -1.68. The molecule has 1 heterocycles. The molecule has 11 heteroatoms. The topological polar surface area (TPSA) is 189 Å². The van der Waals surface area contributed by atoms with Crippen molar-refractivity contribution in [3.05, 3.63) is 48.6 Å². The van der Waals surface area contributed by atoms with E-state index in [-0.39, 0.29) is 12.8 Å². The lowest BCUT2D eigenvalue weighted by Gasteiger charge is -2.40. The number of amides is 1. The molecule has 1 rings (SSSR count). The summed E-state index contributed by atoms with van der Waals surface area (Å²) in [5, 5.41) is 76.4. The van der Waals surface area contributed by atoms with Crippen LogP contribution >= 0.6 is 0 Å². The number of hydrogen-bond acceptors (Lipinski definition) is 10. The van der Waals surface area contributed by atoms with Gasteiger partial charge in [0.15, 0.2) is 6.29 Å². The summed E-state index contributed by atoms with van der Waals surface area (Å²) in [4.78, 5) is 13.2. The van der Waals surface area contributed by atoms with Crippen molar-refractivity contribution in [3.8, 4) is 0 Å². The average Bonchev–Trinajstić information content (AvgIpc) is 3.47. The van der Waals surface area contributed by atoms with E-state index in [1.165, 1.54) is 205 Å². The van der Waals surface area contributed by atoms with Gasteiger partial charge in [0, 0.05) is 0 Å². The summed E-state index contributed by atoms with van der Waals surface area (Å²) < 4.78 is 11.2. The molecule has 11 nitrogen and oxygen atoms in total. The van der Waals surface area contributed by atoms with Crippen LogP contribution < -0.4 is 5.32 Å². The molecule has 0 radical (unpaired) electrons. The van der Waals surface area contributed by atoms with E-state index < -0.39 is 74.2 Å². The van der Waals surface area contributed by atoms with Gasteiger partial charge in [-0.05, 0) is 89.9 Å². The number of rotatable bonds is 59. The summed E-state index contributed by atoms with van der Waals surface area (Å²) >= 11 is 0. The Bertz CT molecular complexity index is 1440. The van der Waals surface area contributed by atoms with Crippen LogP contribution in [0.25, 0.3) is 0 Å². The molecule has 0 spiro atoms. The van der Waals surface area contributed by atoms with Crippen LogP contribution in [-0.2, 0) is 14.3 Å². The summed E-state index contributed by atoms with van der Waals surface area (Å²) in [5.41, 5.74) is 0. The third-order valence-electron chi connectivity index (χ3n) is 16.3. The number of unbranched alkanes of at least 4 members (excludes halogenated alkanes) is 39. The molecule has 8 N–H and O–H groups in total. The molecule has 1 aliphatic rings. The van der Waals surface area contributed by atoms with Gasteiger partial charge in [-0.1, -0.05) is 274 Å². The minimum absolute atomic E-state index is 0.239. The molecule has 1 fully saturated rings. The van der Waals surface area contributed by atoms with Crippen LogP contribution in [0.5, 0.6) is 0 Å². The highest BCUT2D eigenvalue weighted by atomic mass is 16.7. The lowest BCUT2D eigenvalue weighted by atomic mass is 9.98. The first-order chi connectivity index (χ1) is 39.2. The molecular formula is C69H129NO10. The van der Waals surface area contributed by atoms with E-state index in [0.717, 1.165) is 64.2 Å². The Hall–Kier alpha value is -1.93. The van der Waals surface area contributed by atoms with Crippen molar-refractivity contribution < 1.29 is 50.0 Å². The first kappa shape index (κ1) is 76.1. The fraction of sp³-hybridized carbons (Fsp3) is 0.870. The van der Waals surface area contributed by atoms with Gasteiger partial charge in [-0.15, -0.1) is 0 Å². The van der Waals surface area contributed by atoms with E-state index in [4.69, 9.17) is 9.47 Å². The predicted octanol–water partition coefficient (Wildman–Crippen LogP) is 16.0. The van der Waals surface area contributed by atoms with Gasteiger partial charge in [0.2, 0.25) is 5.91 Å². The van der Waals surface area contributed by atoms with Crippen molar-refractivity contribution in [2.24, 2.45) is 0 Å². The van der Waals surface area contributed by atoms with Crippen LogP contribution in [0.2, 0.25) is 0 Å². The largest absolute Gasteiger partial charge is 0.394 e. The summed E-state index contributed by atoms with van der Waals surface area (Å²) in [6.07, 6.45) is 63.4. The van der Waals surface area contributed by atoms with Crippen molar-refractivity contribution in [3.63, 3.8) is 0 Å². The molecular weight excluding hydrogens is 1000 g/mol. The molecule has 0 aromatic carbocycles. The van der Waals surface area contributed by atoms with Gasteiger partial charge >= 0.3 is 0 Å². The second-order valence-electron chi connectivity index (χ2n) is 23.9. The van der Waals surface area contributed by atoms with E-state index in [0.29, 0.717) is 19.3 Å². The van der Waals surface area contributed by atoms with E-state index in [9.17, 15) is 40.5 Å². The molecule has 9 unspecified atom stereocenters. The number of ether oxygens (including phenoxy) is 2. The standard InChI is InChI=1S/C69H129NO10/c1-3-5-7-9-11-13-15-17-19-21-23-25-27-28-29-30-31-32-33-34-35-37-38-40-42-44-46-48-50-52-54-56-61(72)64(74)60(59-79-69-67(77)66(76)65(75)63(58-71)80-69)70-68(78)62(73)57-55-53-51-49-47-45-43-41-39-36-26-24-22-20-18-16-14-12-10-8-6-4-2/h34-35,39-42,48,50,60-67,69,71-77H,3-33,36-38,43-47,49,51-59H2,1-2H3,(H,70,78)/b35-34+,41-39-,42-40+,50-48+. The number of aliphatic hydroxyl groups is 7. The van der Waals surface area contributed by atoms with Crippen LogP contribution in [0.4, 0.5) is 0 Å². The molecule has 470 valence electrons. The zero-order valence-electron chi connectivity index (χ0n) is 51.8. The van der Waals surface area contributed by atoms with Crippen LogP contribution in [0, 0.1) is 0 Å². The summed E-state index contributed by atoms with van der Waals surface area (Å²) in [5.74, 6) is -0.714. The third-order valence-corrected chi connectivity index (χ3v) is 16.3. The van der Waals surface area contributed by atoms with Crippen LogP contribution in [0.3, 0.4) is 0 Å². The van der Waals surface area contributed by atoms with E-state index in [1.54, 1.807) is 0 Å². The molecule has 1 amide bonds. The van der Waals surface area contributed by atoms with Crippen molar-refractivity contribution in [2.75, 3.05) is 13.2 Å². The van der Waals surface area contributed by atoms with E-state index in [1.807, 2.05) is 0 Å². The Kier molecular flexibility index (Phi) is 54.7. The van der Waals surface area contributed by atoms with Crippen LogP contribution in [0.15, 0.2) is 48.6 Å². The number of carbonyl (C=O) groups is 1. The van der Waals surface area contributed by atoms with Gasteiger partial charge in [-0.3, -0.25) is 4.79 Å². The molecule has 0 aliphatic carbocycles. The maximum absolute atomic E-state index is 13.2. The molecule has 1 aliphatic heterocycles. The zero-order valence-corrected chi connectivity index (χ0v) is 51.8. The predicted molar refractivity (Wildman–Crippen MR) is 335 cm³/mol. The van der Waals surface area contributed by atoms with Crippen molar-refractivity contribution in [1.82, 2.24) is 5.32 Å². The van der Waals surface area contributed by atoms with Gasteiger partial charge in [-0.25, -0.2) is 0 Å². The van der Waals surface area contributed by atoms with Crippen LogP contribution in [-0.4, -0.2) is 110 Å². The molecule has 0 aromatic heterocycles. The van der Waals surface area contributed by atoms with Crippen molar-refractivity contribution in [2.45, 2.75) is 371 Å². The number of allylic oxidation sites excluding steroid dienone is 8. The molecule has 1 saturated heterocycles. The molecule has 0 saturated carbocycles. The lowest BCUT2D eigenvalue weighted by Crippen LogP contribution is -2.60. The Balaban J connectivity index is 2.26. The normalized spacial score (nSPS) is 19.5. The molecule has 0 aromatic rings. The van der Waals surface area contributed by atoms with Gasteiger partial charge in [0.25, 0.3) is 0 Å². The van der Waals surface area contributed by atoms with Crippen molar-refractivity contribution >= 4 is 5.91 Å². The number of carbonyl (C=O) groups excluding carboxylic acids is 1. The summed E-state index contributed by atoms with van der Waals surface area (Å²) in [6, 6.07) is -1.20. The quantitative estimate of drug-likeness (QED) is 0.0215. The molecule has 0 bridgehead atoms. The van der Waals surface area contributed by atoms with Crippen molar-refractivity contribution in [1.29, 1.82) is 0 Å². The second kappa shape index (κ2) is 57.5. The average molecular weight is 1130 g/mol. The maximum atomic E-state index is 13.2. The number of hydrogen-bond donors (Lipinski definition) is 8. The monoisotopic (exact) mass is 1130 g/mol. The van der Waals surface area contributed by atoms with Gasteiger partial charge in [0.1, 0.15) is 36.6 Å². The first-order valence-electron chi connectivity index (χ1n) is 34.0.